The Morgan fingerprint density at radius 3 is 2.89 bits per heavy atom. The van der Waals surface area contributed by atoms with Gasteiger partial charge in [-0.05, 0) is 30.3 Å². The number of benzene rings is 1. The Hall–Kier alpha value is -1.78. The number of rotatable bonds is 4. The molecule has 1 aromatic heterocycles. The van der Waals surface area contributed by atoms with Crippen molar-refractivity contribution in [3.63, 3.8) is 0 Å². The first kappa shape index (κ1) is 12.7. The minimum atomic E-state index is -0.570. The van der Waals surface area contributed by atoms with Gasteiger partial charge in [-0.25, -0.2) is 4.79 Å². The molecule has 0 atom stereocenters. The van der Waals surface area contributed by atoms with Crippen LogP contribution in [0.15, 0.2) is 40.8 Å². The summed E-state index contributed by atoms with van der Waals surface area (Å²) in [5.41, 5.74) is 0. The van der Waals surface area contributed by atoms with Crippen molar-refractivity contribution < 1.29 is 18.7 Å². The van der Waals surface area contributed by atoms with Gasteiger partial charge in [-0.1, -0.05) is 17.7 Å². The molecule has 0 saturated heterocycles. The highest BCUT2D eigenvalue weighted by Crippen LogP contribution is 2.19. The Balaban J connectivity index is 2.07. The Morgan fingerprint density at radius 2 is 2.17 bits per heavy atom. The molecule has 1 aromatic carbocycles. The molecule has 94 valence electrons. The van der Waals surface area contributed by atoms with Gasteiger partial charge in [0.25, 0.3) is 0 Å². The number of carbonyl (C=O) groups excluding carboxylic acids is 1. The molecule has 0 radical (unpaired) electrons. The van der Waals surface area contributed by atoms with E-state index >= 15 is 0 Å². The third-order valence-electron chi connectivity index (χ3n) is 2.16. The molecule has 4 nitrogen and oxygen atoms in total. The van der Waals surface area contributed by atoms with Crippen molar-refractivity contribution in [1.29, 1.82) is 0 Å². The summed E-state index contributed by atoms with van der Waals surface area (Å²) in [6, 6.07) is 9.80. The molecule has 0 amide bonds. The molecular weight excluding hydrogens is 256 g/mol. The van der Waals surface area contributed by atoms with Gasteiger partial charge in [-0.15, -0.1) is 0 Å². The highest BCUT2D eigenvalue weighted by molar-refractivity contribution is 6.30. The molecule has 5 heteroatoms. The Bertz CT molecular complexity index is 547. The molecule has 18 heavy (non-hydrogen) atoms. The van der Waals surface area contributed by atoms with E-state index in [0.717, 1.165) is 0 Å². The highest BCUT2D eigenvalue weighted by atomic mass is 35.5. The van der Waals surface area contributed by atoms with Gasteiger partial charge in [-0.3, -0.25) is 0 Å². The van der Waals surface area contributed by atoms with Crippen LogP contribution >= 0.6 is 11.6 Å². The lowest BCUT2D eigenvalue weighted by Crippen LogP contribution is -2.07. The molecule has 0 N–H and O–H groups in total. The zero-order valence-electron chi connectivity index (χ0n) is 9.68. The largest absolute Gasteiger partial charge is 0.452 e. The number of hydrogen-bond acceptors (Lipinski definition) is 4. The summed E-state index contributed by atoms with van der Waals surface area (Å²) in [6.07, 6.45) is 0. The predicted molar refractivity (Wildman–Crippen MR) is 65.8 cm³/mol. The second-order valence-corrected chi connectivity index (χ2v) is 3.98. The van der Waals surface area contributed by atoms with Crippen LogP contribution in [0, 0.1) is 0 Å². The van der Waals surface area contributed by atoms with Crippen LogP contribution in [0.1, 0.15) is 16.3 Å². The van der Waals surface area contributed by atoms with E-state index < -0.39 is 5.97 Å². The quantitative estimate of drug-likeness (QED) is 0.629. The molecule has 0 bridgehead atoms. The van der Waals surface area contributed by atoms with Gasteiger partial charge in [0.05, 0.1) is 0 Å². The fraction of sp³-hybridized carbons (Fsp3) is 0.154. The van der Waals surface area contributed by atoms with Crippen molar-refractivity contribution in [3.8, 4) is 5.75 Å². The molecule has 2 aromatic rings. The van der Waals surface area contributed by atoms with Crippen molar-refractivity contribution >= 4 is 17.6 Å². The molecule has 0 saturated carbocycles. The number of methoxy groups -OCH3 is 1. The maximum Gasteiger partial charge on any atom is 0.379 e. The summed E-state index contributed by atoms with van der Waals surface area (Å²) >= 11 is 5.79. The zero-order chi connectivity index (χ0) is 13.0. The molecule has 0 aliphatic carbocycles. The summed E-state index contributed by atoms with van der Waals surface area (Å²) in [5.74, 6) is 0.495. The summed E-state index contributed by atoms with van der Waals surface area (Å²) in [6.45, 7) is 0.310. The van der Waals surface area contributed by atoms with E-state index in [9.17, 15) is 4.79 Å². The first-order valence-corrected chi connectivity index (χ1v) is 5.62. The van der Waals surface area contributed by atoms with Gasteiger partial charge >= 0.3 is 5.97 Å². The fourth-order valence-electron chi connectivity index (χ4n) is 1.40. The number of furan rings is 1. The van der Waals surface area contributed by atoms with Crippen LogP contribution in [0.25, 0.3) is 0 Å². The number of carbonyl (C=O) groups is 1. The van der Waals surface area contributed by atoms with E-state index in [1.165, 1.54) is 0 Å². The second-order valence-electron chi connectivity index (χ2n) is 3.55. The molecule has 0 aliphatic rings. The van der Waals surface area contributed by atoms with E-state index in [4.69, 9.17) is 25.5 Å². The van der Waals surface area contributed by atoms with Crippen LogP contribution in [0.3, 0.4) is 0 Å². The third-order valence-corrected chi connectivity index (χ3v) is 2.39. The number of hydrogen-bond donors (Lipinski definition) is 0. The van der Waals surface area contributed by atoms with Crippen molar-refractivity contribution in [2.75, 3.05) is 7.11 Å². The summed E-state index contributed by atoms with van der Waals surface area (Å²) < 4.78 is 15.3. The Labute approximate surface area is 109 Å². The predicted octanol–water partition coefficient (Wildman–Crippen LogP) is 3.30. The number of esters is 1. The standard InChI is InChI=1S/C13H11ClO4/c1-16-8-11-5-6-12(17-11)13(15)18-10-4-2-3-9(14)7-10/h2-7H,8H2,1H3. The molecule has 0 spiro atoms. The van der Waals surface area contributed by atoms with Crippen LogP contribution in [0.5, 0.6) is 5.75 Å². The lowest BCUT2D eigenvalue weighted by Gasteiger charge is -2.02. The summed E-state index contributed by atoms with van der Waals surface area (Å²) in [7, 11) is 1.55. The third kappa shape index (κ3) is 3.12. The van der Waals surface area contributed by atoms with Crippen molar-refractivity contribution in [1.82, 2.24) is 0 Å². The smallest absolute Gasteiger partial charge is 0.379 e. The number of ether oxygens (including phenoxy) is 2. The van der Waals surface area contributed by atoms with E-state index in [-0.39, 0.29) is 5.76 Å². The normalized spacial score (nSPS) is 10.3. The van der Waals surface area contributed by atoms with Crippen LogP contribution < -0.4 is 4.74 Å². The average Bonchev–Trinajstić information content (AvgIpc) is 2.78. The molecular formula is C13H11ClO4. The molecule has 0 aliphatic heterocycles. The second kappa shape index (κ2) is 5.71. The van der Waals surface area contributed by atoms with Gasteiger partial charge < -0.3 is 13.9 Å². The fourth-order valence-corrected chi connectivity index (χ4v) is 1.58. The zero-order valence-corrected chi connectivity index (χ0v) is 10.4. The molecule has 1 heterocycles. The Kier molecular flexibility index (Phi) is 4.02. The van der Waals surface area contributed by atoms with Crippen LogP contribution in [-0.4, -0.2) is 13.1 Å². The molecule has 0 fully saturated rings. The maximum atomic E-state index is 11.7. The van der Waals surface area contributed by atoms with Gasteiger partial charge in [0, 0.05) is 12.1 Å². The van der Waals surface area contributed by atoms with Gasteiger partial charge in [0.1, 0.15) is 18.1 Å². The van der Waals surface area contributed by atoms with Gasteiger partial charge in [0.15, 0.2) is 0 Å². The van der Waals surface area contributed by atoms with Crippen LogP contribution in [-0.2, 0) is 11.3 Å². The average molecular weight is 267 g/mol. The maximum absolute atomic E-state index is 11.7. The van der Waals surface area contributed by atoms with Crippen LogP contribution in [0.2, 0.25) is 5.02 Å². The van der Waals surface area contributed by atoms with E-state index in [1.54, 1.807) is 43.5 Å². The monoisotopic (exact) mass is 266 g/mol. The van der Waals surface area contributed by atoms with E-state index in [1.807, 2.05) is 0 Å². The minimum Gasteiger partial charge on any atom is -0.452 e. The Morgan fingerprint density at radius 1 is 1.33 bits per heavy atom. The first-order chi connectivity index (χ1) is 8.69. The van der Waals surface area contributed by atoms with Gasteiger partial charge in [0.2, 0.25) is 5.76 Å². The van der Waals surface area contributed by atoms with E-state index in [0.29, 0.717) is 23.1 Å². The van der Waals surface area contributed by atoms with Crippen molar-refractivity contribution in [3.05, 3.63) is 52.9 Å². The molecule has 2 rings (SSSR count). The number of halogens is 1. The van der Waals surface area contributed by atoms with Gasteiger partial charge in [-0.2, -0.15) is 0 Å². The topological polar surface area (TPSA) is 48.7 Å². The lowest BCUT2D eigenvalue weighted by molar-refractivity contribution is 0.0693. The van der Waals surface area contributed by atoms with E-state index in [2.05, 4.69) is 0 Å². The summed E-state index contributed by atoms with van der Waals surface area (Å²) in [4.78, 5) is 11.7. The molecule has 0 unspecified atom stereocenters. The van der Waals surface area contributed by atoms with Crippen molar-refractivity contribution in [2.24, 2.45) is 0 Å². The first-order valence-electron chi connectivity index (χ1n) is 5.24. The summed E-state index contributed by atoms with van der Waals surface area (Å²) in [5, 5.41) is 0.500. The lowest BCUT2D eigenvalue weighted by atomic mass is 10.3. The van der Waals surface area contributed by atoms with Crippen LogP contribution in [0.4, 0.5) is 0 Å². The van der Waals surface area contributed by atoms with Crippen molar-refractivity contribution in [2.45, 2.75) is 6.61 Å². The minimum absolute atomic E-state index is 0.127. The SMILES string of the molecule is COCc1ccc(C(=O)Oc2cccc(Cl)c2)o1. The highest BCUT2D eigenvalue weighted by Gasteiger charge is 2.13.